The van der Waals surface area contributed by atoms with Gasteiger partial charge in [-0.3, -0.25) is 0 Å². The molecule has 1 fully saturated rings. The van der Waals surface area contributed by atoms with Crippen LogP contribution in [0, 0.1) is 0 Å². The zero-order valence-corrected chi connectivity index (χ0v) is 34.6. The van der Waals surface area contributed by atoms with E-state index in [2.05, 4.69) is 123 Å². The lowest BCUT2D eigenvalue weighted by Gasteiger charge is -2.54. The van der Waals surface area contributed by atoms with Crippen molar-refractivity contribution in [3.63, 3.8) is 0 Å². The van der Waals surface area contributed by atoms with Crippen molar-refractivity contribution in [1.29, 1.82) is 0 Å². The van der Waals surface area contributed by atoms with Gasteiger partial charge in [-0.2, -0.15) is 0 Å². The van der Waals surface area contributed by atoms with Crippen LogP contribution >= 0.6 is 0 Å². The highest BCUT2D eigenvalue weighted by Gasteiger charge is 2.64. The Morgan fingerprint density at radius 3 is 0.429 bits per heavy atom. The zero-order valence-electron chi connectivity index (χ0n) is 28.6. The second kappa shape index (κ2) is 14.7. The largest absolute Gasteiger partial charge is 0.409 e. The van der Waals surface area contributed by atoms with Crippen molar-refractivity contribution >= 4 is 51.4 Å². The molecule has 12 heteroatoms. The van der Waals surface area contributed by atoms with Crippen molar-refractivity contribution in [3.8, 4) is 0 Å². The molecule has 6 nitrogen and oxygen atoms in total. The maximum Gasteiger partial charge on any atom is 0.349 e. The van der Waals surface area contributed by atoms with Crippen LogP contribution in [0.5, 0.6) is 0 Å². The number of hydrogen-bond donors (Lipinski definition) is 0. The van der Waals surface area contributed by atoms with Crippen LogP contribution in [0.4, 0.5) is 0 Å². The minimum Gasteiger partial charge on any atom is -0.409 e. The molecule has 0 aliphatic carbocycles. The van der Waals surface area contributed by atoms with Gasteiger partial charge in [0.2, 0.25) is 0 Å². The molecule has 0 aromatic carbocycles. The van der Waals surface area contributed by atoms with Crippen LogP contribution in [0.2, 0.25) is 33.2 Å². The molecule has 1 rings (SSSR count). The molecule has 0 saturated carbocycles. The number of hydrogen-bond acceptors (Lipinski definition) is 6. The molecule has 0 N–H and O–H groups in total. The zero-order chi connectivity index (χ0) is 32.9. The minimum absolute atomic E-state index is 0.0156. The van der Waals surface area contributed by atoms with E-state index in [0.717, 1.165) is 0 Å². The van der Waals surface area contributed by atoms with Crippen molar-refractivity contribution in [2.24, 2.45) is 0 Å². The summed E-state index contributed by atoms with van der Waals surface area (Å²) in [7, 11) is -19.7. The first-order chi connectivity index (χ1) is 19.3. The fourth-order valence-corrected chi connectivity index (χ4v) is 38.3. The maximum atomic E-state index is 7.41. The Hall–Kier alpha value is -0.499. The molecule has 0 amide bonds. The molecule has 0 aromatic heterocycles. The monoisotopic (exact) mass is 684 g/mol. The van der Waals surface area contributed by atoms with Gasteiger partial charge >= 0.3 is 51.4 Å². The summed E-state index contributed by atoms with van der Waals surface area (Å²) < 4.78 is 44.5. The molecule has 0 atom stereocenters. The van der Waals surface area contributed by atoms with Crippen LogP contribution in [-0.4, -0.2) is 51.4 Å². The molecule has 0 spiro atoms. The maximum absolute atomic E-state index is 7.41. The predicted molar refractivity (Wildman–Crippen MR) is 193 cm³/mol. The smallest absolute Gasteiger partial charge is 0.349 e. The van der Waals surface area contributed by atoms with Crippen LogP contribution in [0.25, 0.3) is 0 Å². The van der Waals surface area contributed by atoms with E-state index in [1.807, 2.05) is 34.2 Å². The van der Waals surface area contributed by atoms with E-state index < -0.39 is 51.4 Å². The molecule has 1 saturated heterocycles. The van der Waals surface area contributed by atoms with E-state index >= 15 is 0 Å². The van der Waals surface area contributed by atoms with Gasteiger partial charge in [-0.05, 0) is 33.2 Å². The fourth-order valence-electron chi connectivity index (χ4n) is 4.95. The fraction of sp³-hybridized carbons (Fsp3) is 0.600. The molecular formula is C30H60O6Si6. The summed E-state index contributed by atoms with van der Waals surface area (Å²) >= 11 is 0. The summed E-state index contributed by atoms with van der Waals surface area (Å²) in [6.07, 6.45) is 0. The topological polar surface area (TPSA) is 55.4 Å². The van der Waals surface area contributed by atoms with Crippen molar-refractivity contribution in [3.05, 3.63) is 73.7 Å². The second-order valence-corrected chi connectivity index (χ2v) is 36.0. The highest BCUT2D eigenvalue weighted by atomic mass is 28.5. The molecule has 0 aromatic rings. The van der Waals surface area contributed by atoms with Crippen LogP contribution in [-0.2, 0) is 24.7 Å². The van der Waals surface area contributed by atoms with Crippen LogP contribution < -0.4 is 0 Å². The van der Waals surface area contributed by atoms with E-state index in [1.54, 1.807) is 0 Å². The van der Waals surface area contributed by atoms with Crippen molar-refractivity contribution in [1.82, 2.24) is 0 Å². The van der Waals surface area contributed by atoms with Gasteiger partial charge in [0.05, 0.1) is 0 Å². The molecule has 240 valence electrons. The average molecular weight is 685 g/mol. The van der Waals surface area contributed by atoms with E-state index in [-0.39, 0.29) is 33.2 Å². The summed E-state index contributed by atoms with van der Waals surface area (Å²) in [6, 6.07) is 0. The normalized spacial score (nSPS) is 37.0. The lowest BCUT2D eigenvalue weighted by molar-refractivity contribution is 0.218. The van der Waals surface area contributed by atoms with Gasteiger partial charge in [-0.25, -0.2) is 0 Å². The van der Waals surface area contributed by atoms with Gasteiger partial charge in [0.15, 0.2) is 0 Å². The molecule has 0 radical (unpaired) electrons. The third kappa shape index (κ3) is 7.31. The Morgan fingerprint density at radius 2 is 0.381 bits per heavy atom. The third-order valence-electron chi connectivity index (χ3n) is 8.45. The van der Waals surface area contributed by atoms with E-state index in [0.29, 0.717) is 0 Å². The Kier molecular flexibility index (Phi) is 13.9. The lowest BCUT2D eigenvalue weighted by Crippen LogP contribution is -2.71. The second-order valence-electron chi connectivity index (χ2n) is 13.1. The average Bonchev–Trinajstić information content (AvgIpc) is 2.92. The highest BCUT2D eigenvalue weighted by molar-refractivity contribution is 7.01. The molecule has 0 bridgehead atoms. The van der Waals surface area contributed by atoms with Crippen molar-refractivity contribution in [2.75, 3.05) is 0 Å². The quantitative estimate of drug-likeness (QED) is 0.191. The first-order valence-corrected chi connectivity index (χ1v) is 27.1. The van der Waals surface area contributed by atoms with Crippen LogP contribution in [0.3, 0.4) is 0 Å². The van der Waals surface area contributed by atoms with E-state index in [9.17, 15) is 0 Å². The van der Waals surface area contributed by atoms with Crippen molar-refractivity contribution in [2.45, 2.75) is 116 Å². The predicted octanol–water partition coefficient (Wildman–Crippen LogP) is 9.56. The lowest BCUT2D eigenvalue weighted by atomic mass is 10.6. The van der Waals surface area contributed by atoms with Gasteiger partial charge in [0.25, 0.3) is 0 Å². The SMILES string of the molecule is C=C[Si]1(C(C)C)O[Si](C=C)(C(C)C)O[Si](C=C)(C(C)C)O[Si](C=C)(C(C)C)O[Si](C=C)(C(C)C)O[Si](C=C)(C(C)C)O1. The molecule has 1 heterocycles. The standard InChI is InChI=1S/C30H60O6Si6/c1-19-37(25(7)8)31-38(20-2,26(9)10)33-40(22-4,28(13)14)35-42(24-6,30(17)18)36-41(23-5,29(15)16)34-39(21-3,32-37)27(11)12/h19-30H,1-6H2,7-18H3. The van der Waals surface area contributed by atoms with Crippen LogP contribution in [0.15, 0.2) is 73.7 Å². The molecule has 1 aliphatic rings. The van der Waals surface area contributed by atoms with E-state index in [4.69, 9.17) is 24.7 Å². The Balaban J connectivity index is 4.50. The molecule has 42 heavy (non-hydrogen) atoms. The minimum atomic E-state index is -3.28. The first kappa shape index (κ1) is 39.5. The summed E-state index contributed by atoms with van der Waals surface area (Å²) in [5.74, 6) is 0. The molecule has 1 aliphatic heterocycles. The Labute approximate surface area is 265 Å². The van der Waals surface area contributed by atoms with Gasteiger partial charge < -0.3 is 24.7 Å². The van der Waals surface area contributed by atoms with Gasteiger partial charge in [-0.15, -0.1) is 39.5 Å². The first-order valence-electron chi connectivity index (χ1n) is 15.3. The summed E-state index contributed by atoms with van der Waals surface area (Å²) in [4.78, 5) is 0. The summed E-state index contributed by atoms with van der Waals surface area (Å²) in [5.41, 5.74) is 11.2. The van der Waals surface area contributed by atoms with Crippen LogP contribution in [0.1, 0.15) is 83.1 Å². The number of rotatable bonds is 12. The van der Waals surface area contributed by atoms with Gasteiger partial charge in [-0.1, -0.05) is 117 Å². The van der Waals surface area contributed by atoms with Gasteiger partial charge in [0.1, 0.15) is 0 Å². The van der Waals surface area contributed by atoms with E-state index in [1.165, 1.54) is 0 Å². The highest BCUT2D eigenvalue weighted by Crippen LogP contribution is 2.47. The van der Waals surface area contributed by atoms with Gasteiger partial charge in [0, 0.05) is 0 Å². The third-order valence-corrected chi connectivity index (χ3v) is 36.8. The molecule has 0 unspecified atom stereocenters. The summed E-state index contributed by atoms with van der Waals surface area (Å²) in [5, 5.41) is 0. The Morgan fingerprint density at radius 1 is 0.286 bits per heavy atom. The summed E-state index contributed by atoms with van der Waals surface area (Å²) in [6.45, 7) is 51.2. The van der Waals surface area contributed by atoms with Crippen molar-refractivity contribution < 1.29 is 24.7 Å². The molecular weight excluding hydrogens is 625 g/mol. The Bertz CT molecular complexity index is 779.